The number of aliphatic imine (C=N–C) groups is 1. The summed E-state index contributed by atoms with van der Waals surface area (Å²) in [7, 11) is 4.09. The van der Waals surface area contributed by atoms with Crippen molar-refractivity contribution in [1.82, 2.24) is 15.5 Å². The highest BCUT2D eigenvalue weighted by Crippen LogP contribution is 2.26. The van der Waals surface area contributed by atoms with Crippen LogP contribution < -0.4 is 15.5 Å². The van der Waals surface area contributed by atoms with Gasteiger partial charge in [-0.25, -0.2) is 0 Å². The SMILES string of the molecule is CN=C(NCC(C)N(C)C1CC1)NC1CCN(c2ccccc2)C1.I. The molecule has 2 fully saturated rings. The lowest BCUT2D eigenvalue weighted by atomic mass is 10.2. The minimum Gasteiger partial charge on any atom is -0.369 e. The van der Waals surface area contributed by atoms with Crippen LogP contribution in [0.5, 0.6) is 0 Å². The van der Waals surface area contributed by atoms with Crippen LogP contribution in [-0.2, 0) is 0 Å². The van der Waals surface area contributed by atoms with E-state index in [0.29, 0.717) is 12.1 Å². The van der Waals surface area contributed by atoms with E-state index in [4.69, 9.17) is 0 Å². The standard InChI is InChI=1S/C19H31N5.HI/c1-15(23(3)17-9-10-17)13-21-19(20-2)22-16-11-12-24(14-16)18-7-5-4-6-8-18;/h4-8,15-17H,9-14H2,1-3H3,(H2,20,21,22);1H. The van der Waals surface area contributed by atoms with Crippen LogP contribution in [0.1, 0.15) is 26.2 Å². The van der Waals surface area contributed by atoms with E-state index in [1.807, 2.05) is 7.05 Å². The highest BCUT2D eigenvalue weighted by molar-refractivity contribution is 14.0. The van der Waals surface area contributed by atoms with E-state index in [2.05, 4.69) is 69.7 Å². The molecule has 5 nitrogen and oxygen atoms in total. The highest BCUT2D eigenvalue weighted by atomic mass is 127. The number of anilines is 1. The lowest BCUT2D eigenvalue weighted by molar-refractivity contribution is 0.247. The zero-order chi connectivity index (χ0) is 16.9. The number of likely N-dealkylation sites (N-methyl/N-ethyl adjacent to an activating group) is 1. The molecule has 0 amide bonds. The highest BCUT2D eigenvalue weighted by Gasteiger charge is 2.29. The molecule has 1 heterocycles. The number of para-hydroxylation sites is 1. The summed E-state index contributed by atoms with van der Waals surface area (Å²) in [5.41, 5.74) is 1.31. The van der Waals surface area contributed by atoms with Gasteiger partial charge in [-0.1, -0.05) is 18.2 Å². The van der Waals surface area contributed by atoms with Crippen molar-refractivity contribution in [3.63, 3.8) is 0 Å². The molecule has 0 aromatic heterocycles. The number of rotatable bonds is 6. The van der Waals surface area contributed by atoms with Gasteiger partial charge >= 0.3 is 0 Å². The lowest BCUT2D eigenvalue weighted by Gasteiger charge is -2.26. The van der Waals surface area contributed by atoms with Gasteiger partial charge in [-0.05, 0) is 45.4 Å². The normalized spacial score (nSPS) is 21.8. The zero-order valence-electron chi connectivity index (χ0n) is 15.6. The number of halogens is 1. The molecule has 1 saturated heterocycles. The summed E-state index contributed by atoms with van der Waals surface area (Å²) in [4.78, 5) is 9.32. The van der Waals surface area contributed by atoms with Crippen LogP contribution in [0.4, 0.5) is 5.69 Å². The fourth-order valence-corrected chi connectivity index (χ4v) is 3.37. The molecule has 1 saturated carbocycles. The minimum atomic E-state index is 0. The molecule has 1 aromatic rings. The molecule has 1 aromatic carbocycles. The second kappa shape index (κ2) is 9.62. The zero-order valence-corrected chi connectivity index (χ0v) is 17.9. The summed E-state index contributed by atoms with van der Waals surface area (Å²) in [6, 6.07) is 12.4. The lowest BCUT2D eigenvalue weighted by Crippen LogP contribution is -2.48. The third-order valence-electron chi connectivity index (χ3n) is 5.26. The Morgan fingerprint density at radius 2 is 2.00 bits per heavy atom. The Bertz CT molecular complexity index is 546. The summed E-state index contributed by atoms with van der Waals surface area (Å²) in [5, 5.41) is 7.08. The number of guanidine groups is 1. The molecular weight excluding hydrogens is 425 g/mol. The van der Waals surface area contributed by atoms with Crippen molar-refractivity contribution < 1.29 is 0 Å². The Balaban J connectivity index is 0.00000225. The topological polar surface area (TPSA) is 42.9 Å². The number of benzene rings is 1. The number of hydrogen-bond acceptors (Lipinski definition) is 3. The van der Waals surface area contributed by atoms with E-state index in [9.17, 15) is 0 Å². The first kappa shape index (κ1) is 20.3. The van der Waals surface area contributed by atoms with E-state index in [0.717, 1.165) is 38.1 Å². The first-order valence-corrected chi connectivity index (χ1v) is 9.16. The van der Waals surface area contributed by atoms with Gasteiger partial charge in [0.25, 0.3) is 0 Å². The molecule has 0 bridgehead atoms. The molecular formula is C19H32IN5. The van der Waals surface area contributed by atoms with E-state index in [1.54, 1.807) is 0 Å². The molecule has 1 aliphatic carbocycles. The molecule has 0 radical (unpaired) electrons. The monoisotopic (exact) mass is 457 g/mol. The van der Waals surface area contributed by atoms with Crippen molar-refractivity contribution in [2.45, 2.75) is 44.3 Å². The number of nitrogens with one attached hydrogen (secondary N) is 2. The molecule has 2 N–H and O–H groups in total. The maximum absolute atomic E-state index is 4.40. The summed E-state index contributed by atoms with van der Waals surface area (Å²) >= 11 is 0. The Kier molecular flexibility index (Phi) is 7.81. The molecule has 6 heteroatoms. The maximum Gasteiger partial charge on any atom is 0.191 e. The van der Waals surface area contributed by atoms with Gasteiger partial charge < -0.3 is 15.5 Å². The summed E-state index contributed by atoms with van der Waals surface area (Å²) in [6.07, 6.45) is 3.85. The molecule has 0 spiro atoms. The van der Waals surface area contributed by atoms with E-state index >= 15 is 0 Å². The van der Waals surface area contributed by atoms with Gasteiger partial charge in [0.05, 0.1) is 0 Å². The summed E-state index contributed by atoms with van der Waals surface area (Å²) in [5.74, 6) is 0.922. The van der Waals surface area contributed by atoms with E-state index < -0.39 is 0 Å². The van der Waals surface area contributed by atoms with Crippen LogP contribution in [0.25, 0.3) is 0 Å². The summed E-state index contributed by atoms with van der Waals surface area (Å²) in [6.45, 7) is 5.34. The van der Waals surface area contributed by atoms with Gasteiger partial charge in [0.2, 0.25) is 0 Å². The van der Waals surface area contributed by atoms with Crippen molar-refractivity contribution >= 4 is 35.6 Å². The average Bonchev–Trinajstić information content (AvgIpc) is 3.37. The van der Waals surface area contributed by atoms with Gasteiger partial charge in [0.1, 0.15) is 0 Å². The van der Waals surface area contributed by atoms with E-state index in [1.165, 1.54) is 18.5 Å². The van der Waals surface area contributed by atoms with Crippen LogP contribution >= 0.6 is 24.0 Å². The number of nitrogens with zero attached hydrogens (tertiary/aromatic N) is 3. The smallest absolute Gasteiger partial charge is 0.191 e. The molecule has 140 valence electrons. The van der Waals surface area contributed by atoms with Crippen molar-refractivity contribution in [3.8, 4) is 0 Å². The Labute approximate surface area is 169 Å². The van der Waals surface area contributed by atoms with Gasteiger partial charge in [-0.2, -0.15) is 0 Å². The third-order valence-corrected chi connectivity index (χ3v) is 5.26. The van der Waals surface area contributed by atoms with Crippen molar-refractivity contribution in [2.75, 3.05) is 38.6 Å². The maximum atomic E-state index is 4.40. The van der Waals surface area contributed by atoms with Gasteiger partial charge in [0.15, 0.2) is 5.96 Å². The quantitative estimate of drug-likeness (QED) is 0.392. The van der Waals surface area contributed by atoms with Gasteiger partial charge in [-0.15, -0.1) is 24.0 Å². The molecule has 1 aliphatic heterocycles. The van der Waals surface area contributed by atoms with Gasteiger partial charge in [-0.3, -0.25) is 9.89 Å². The largest absolute Gasteiger partial charge is 0.369 e. The first-order chi connectivity index (χ1) is 11.7. The predicted molar refractivity (Wildman–Crippen MR) is 117 cm³/mol. The Morgan fingerprint density at radius 3 is 2.64 bits per heavy atom. The van der Waals surface area contributed by atoms with Crippen LogP contribution in [0, 0.1) is 0 Å². The van der Waals surface area contributed by atoms with Crippen molar-refractivity contribution in [3.05, 3.63) is 30.3 Å². The molecule has 25 heavy (non-hydrogen) atoms. The second-order valence-electron chi connectivity index (χ2n) is 7.11. The van der Waals surface area contributed by atoms with Crippen LogP contribution in [-0.4, -0.2) is 62.7 Å². The van der Waals surface area contributed by atoms with E-state index in [-0.39, 0.29) is 24.0 Å². The number of hydrogen-bond donors (Lipinski definition) is 2. The Morgan fingerprint density at radius 1 is 1.28 bits per heavy atom. The van der Waals surface area contributed by atoms with Gasteiger partial charge in [0, 0.05) is 50.5 Å². The first-order valence-electron chi connectivity index (χ1n) is 9.16. The fraction of sp³-hybridized carbons (Fsp3) is 0.632. The van der Waals surface area contributed by atoms with Crippen molar-refractivity contribution in [1.29, 1.82) is 0 Å². The van der Waals surface area contributed by atoms with Crippen LogP contribution in [0.15, 0.2) is 35.3 Å². The predicted octanol–water partition coefficient (Wildman–Crippen LogP) is 2.53. The summed E-state index contributed by atoms with van der Waals surface area (Å²) < 4.78 is 0. The third kappa shape index (κ3) is 5.74. The minimum absolute atomic E-state index is 0. The van der Waals surface area contributed by atoms with Crippen LogP contribution in [0.2, 0.25) is 0 Å². The Hall–Kier alpha value is -1.02. The molecule has 3 rings (SSSR count). The fourth-order valence-electron chi connectivity index (χ4n) is 3.37. The molecule has 2 unspecified atom stereocenters. The van der Waals surface area contributed by atoms with Crippen LogP contribution in [0.3, 0.4) is 0 Å². The second-order valence-corrected chi connectivity index (χ2v) is 7.11. The molecule has 2 aliphatic rings. The van der Waals surface area contributed by atoms with Crippen molar-refractivity contribution in [2.24, 2.45) is 4.99 Å². The molecule has 2 atom stereocenters. The average molecular weight is 457 g/mol.